The van der Waals surface area contributed by atoms with E-state index in [4.69, 9.17) is 15.0 Å². The summed E-state index contributed by atoms with van der Waals surface area (Å²) in [4.78, 5) is 20.8. The summed E-state index contributed by atoms with van der Waals surface area (Å²) in [6, 6.07) is 5.53. The molecule has 1 aromatic heterocycles. The summed E-state index contributed by atoms with van der Waals surface area (Å²) in [6.45, 7) is 9.04. The minimum Gasteiger partial charge on any atom is -0.493 e. The quantitative estimate of drug-likeness (QED) is 0.531. The molecule has 2 N–H and O–H groups in total. The fourth-order valence-electron chi connectivity index (χ4n) is 5.17. The lowest BCUT2D eigenvalue weighted by atomic mass is 9.84. The van der Waals surface area contributed by atoms with Gasteiger partial charge in [0, 0.05) is 37.2 Å². The molecule has 4 rings (SSSR count). The van der Waals surface area contributed by atoms with Gasteiger partial charge in [0.05, 0.1) is 12.7 Å². The molecule has 0 aliphatic carbocycles. The van der Waals surface area contributed by atoms with Crippen LogP contribution in [-0.2, 0) is 4.79 Å². The number of nitrogens with zero attached hydrogens (tertiary/aromatic N) is 5. The molecule has 0 bridgehead atoms. The summed E-state index contributed by atoms with van der Waals surface area (Å²) < 4.78 is 26.1. The van der Waals surface area contributed by atoms with Crippen molar-refractivity contribution < 1.29 is 18.4 Å². The van der Waals surface area contributed by atoms with Gasteiger partial charge in [0.2, 0.25) is 5.91 Å². The van der Waals surface area contributed by atoms with Crippen LogP contribution in [0.25, 0.3) is 0 Å². The number of likely N-dealkylation sites (tertiary alicyclic amines) is 1. The number of piperidine rings is 1. The SMILES string of the molecule is CC(C)c1noc(N2CCC(C(C)CCOc3ccc(C(N)C(=O)N4CCCC4C#N)c(F)c3)CC2)n1. The Labute approximate surface area is 217 Å². The van der Waals surface area contributed by atoms with Gasteiger partial charge in [-0.3, -0.25) is 4.79 Å². The highest BCUT2D eigenvalue weighted by atomic mass is 19.1. The molecule has 2 aliphatic rings. The van der Waals surface area contributed by atoms with Gasteiger partial charge in [-0.1, -0.05) is 32.0 Å². The zero-order valence-electron chi connectivity index (χ0n) is 21.9. The molecule has 0 saturated carbocycles. The van der Waals surface area contributed by atoms with Crippen molar-refractivity contribution in [3.05, 3.63) is 35.4 Å². The maximum atomic E-state index is 14.8. The Kier molecular flexibility index (Phi) is 8.64. The molecule has 1 aromatic carbocycles. The van der Waals surface area contributed by atoms with Crippen LogP contribution in [0.2, 0.25) is 0 Å². The predicted molar refractivity (Wildman–Crippen MR) is 136 cm³/mol. The van der Waals surface area contributed by atoms with E-state index in [9.17, 15) is 14.4 Å². The van der Waals surface area contributed by atoms with E-state index in [1.807, 2.05) is 13.8 Å². The van der Waals surface area contributed by atoms with Gasteiger partial charge in [-0.2, -0.15) is 10.2 Å². The van der Waals surface area contributed by atoms with E-state index in [1.165, 1.54) is 17.0 Å². The number of aromatic nitrogens is 2. The van der Waals surface area contributed by atoms with Gasteiger partial charge in [0.1, 0.15) is 23.7 Å². The van der Waals surface area contributed by atoms with Crippen LogP contribution in [0.5, 0.6) is 5.75 Å². The van der Waals surface area contributed by atoms with Crippen LogP contribution >= 0.6 is 0 Å². The second kappa shape index (κ2) is 11.9. The van der Waals surface area contributed by atoms with Crippen molar-refractivity contribution in [1.29, 1.82) is 5.26 Å². The lowest BCUT2D eigenvalue weighted by molar-refractivity contribution is -0.132. The number of amides is 1. The predicted octanol–water partition coefficient (Wildman–Crippen LogP) is 4.17. The van der Waals surface area contributed by atoms with Gasteiger partial charge in [-0.05, 0) is 50.0 Å². The number of hydrogen-bond acceptors (Lipinski definition) is 8. The first kappa shape index (κ1) is 26.9. The lowest BCUT2D eigenvalue weighted by Gasteiger charge is -2.33. The molecular formula is C27H37FN6O3. The largest absolute Gasteiger partial charge is 0.493 e. The number of rotatable bonds is 9. The summed E-state index contributed by atoms with van der Waals surface area (Å²) in [6.07, 6.45) is 4.31. The van der Waals surface area contributed by atoms with Crippen molar-refractivity contribution in [2.45, 2.75) is 70.9 Å². The Morgan fingerprint density at radius 3 is 2.68 bits per heavy atom. The second-order valence-electron chi connectivity index (χ2n) is 10.5. The number of benzene rings is 1. The van der Waals surface area contributed by atoms with E-state index >= 15 is 0 Å². The molecule has 2 aromatic rings. The number of hydrogen-bond donors (Lipinski definition) is 1. The van der Waals surface area contributed by atoms with Crippen molar-refractivity contribution in [1.82, 2.24) is 15.0 Å². The standard InChI is InChI=1S/C27H37FN6O3/c1-17(2)25-31-27(37-32-25)33-12-8-19(9-13-33)18(3)10-14-36-21-6-7-22(23(28)15-21)24(30)26(35)34-11-4-5-20(34)16-29/h6-7,15,17-20,24H,4-5,8-14,30H2,1-3H3. The number of halogens is 1. The highest BCUT2D eigenvalue weighted by Gasteiger charge is 2.33. The molecule has 2 aliphatic heterocycles. The Balaban J connectivity index is 1.23. The monoisotopic (exact) mass is 512 g/mol. The molecule has 200 valence electrons. The molecule has 3 heterocycles. The summed E-state index contributed by atoms with van der Waals surface area (Å²) in [7, 11) is 0. The van der Waals surface area contributed by atoms with Crippen molar-refractivity contribution in [2.24, 2.45) is 17.6 Å². The Bertz CT molecular complexity index is 1110. The Morgan fingerprint density at radius 2 is 2.03 bits per heavy atom. The van der Waals surface area contributed by atoms with Gasteiger partial charge >= 0.3 is 6.01 Å². The van der Waals surface area contributed by atoms with Crippen LogP contribution in [0.4, 0.5) is 10.4 Å². The maximum Gasteiger partial charge on any atom is 0.324 e. The minimum atomic E-state index is -1.14. The first-order chi connectivity index (χ1) is 17.8. The molecule has 9 nitrogen and oxygen atoms in total. The molecular weight excluding hydrogens is 475 g/mol. The first-order valence-electron chi connectivity index (χ1n) is 13.2. The first-order valence-corrected chi connectivity index (χ1v) is 13.2. The average molecular weight is 513 g/mol. The number of carbonyl (C=O) groups is 1. The molecule has 37 heavy (non-hydrogen) atoms. The molecule has 3 atom stereocenters. The summed E-state index contributed by atoms with van der Waals surface area (Å²) in [5.74, 6) is 1.42. The van der Waals surface area contributed by atoms with Crippen LogP contribution in [0.15, 0.2) is 22.7 Å². The third kappa shape index (κ3) is 6.21. The minimum absolute atomic E-state index is 0.114. The third-order valence-corrected chi connectivity index (χ3v) is 7.66. The van der Waals surface area contributed by atoms with Crippen LogP contribution < -0.4 is 15.4 Å². The van der Waals surface area contributed by atoms with Gasteiger partial charge < -0.3 is 24.8 Å². The van der Waals surface area contributed by atoms with E-state index in [1.54, 1.807) is 6.07 Å². The highest BCUT2D eigenvalue weighted by Crippen LogP contribution is 2.30. The van der Waals surface area contributed by atoms with Crippen LogP contribution in [0.1, 0.15) is 76.2 Å². The number of anilines is 1. The zero-order chi connectivity index (χ0) is 26.5. The van der Waals surface area contributed by atoms with E-state index in [0.717, 1.165) is 44.6 Å². The number of nitrogens with two attached hydrogens (primary N) is 1. The van der Waals surface area contributed by atoms with Crippen molar-refractivity contribution >= 4 is 11.9 Å². The normalized spacial score (nSPS) is 20.2. The fraction of sp³-hybridized carbons (Fsp3) is 0.630. The summed E-state index contributed by atoms with van der Waals surface area (Å²) in [5, 5.41) is 13.3. The summed E-state index contributed by atoms with van der Waals surface area (Å²) in [5.41, 5.74) is 6.19. The Hall–Kier alpha value is -3.19. The third-order valence-electron chi connectivity index (χ3n) is 7.66. The van der Waals surface area contributed by atoms with Crippen LogP contribution in [0, 0.1) is 29.0 Å². The molecule has 1 amide bonds. The zero-order valence-corrected chi connectivity index (χ0v) is 21.9. The number of carbonyl (C=O) groups excluding carboxylic acids is 1. The van der Waals surface area contributed by atoms with Crippen molar-refractivity contribution in [2.75, 3.05) is 31.1 Å². The smallest absolute Gasteiger partial charge is 0.324 e. The van der Waals surface area contributed by atoms with Gasteiger partial charge in [-0.15, -0.1) is 0 Å². The molecule has 2 fully saturated rings. The number of nitriles is 1. The fourth-order valence-corrected chi connectivity index (χ4v) is 5.17. The highest BCUT2D eigenvalue weighted by molar-refractivity contribution is 5.84. The number of ether oxygens (including phenoxy) is 1. The van der Waals surface area contributed by atoms with Crippen LogP contribution in [-0.4, -0.2) is 53.2 Å². The van der Waals surface area contributed by atoms with E-state index in [0.29, 0.717) is 43.2 Å². The lowest BCUT2D eigenvalue weighted by Crippen LogP contribution is -2.41. The van der Waals surface area contributed by atoms with Gasteiger partial charge in [-0.25, -0.2) is 4.39 Å². The Morgan fingerprint density at radius 1 is 1.27 bits per heavy atom. The summed E-state index contributed by atoms with van der Waals surface area (Å²) >= 11 is 0. The molecule has 0 radical (unpaired) electrons. The topological polar surface area (TPSA) is 122 Å². The van der Waals surface area contributed by atoms with Gasteiger partial charge in [0.15, 0.2) is 5.82 Å². The molecule has 10 heteroatoms. The second-order valence-corrected chi connectivity index (χ2v) is 10.5. The van der Waals surface area contributed by atoms with Crippen molar-refractivity contribution in [3.63, 3.8) is 0 Å². The molecule has 2 saturated heterocycles. The average Bonchev–Trinajstić information content (AvgIpc) is 3.58. The van der Waals surface area contributed by atoms with E-state index < -0.39 is 23.8 Å². The molecule has 3 unspecified atom stereocenters. The molecule has 0 spiro atoms. The van der Waals surface area contributed by atoms with Crippen molar-refractivity contribution in [3.8, 4) is 11.8 Å². The van der Waals surface area contributed by atoms with E-state index in [2.05, 4.69) is 28.0 Å². The van der Waals surface area contributed by atoms with E-state index in [-0.39, 0.29) is 11.5 Å². The maximum absolute atomic E-state index is 14.8. The van der Waals surface area contributed by atoms with Crippen LogP contribution in [0.3, 0.4) is 0 Å². The van der Waals surface area contributed by atoms with Gasteiger partial charge in [0.25, 0.3) is 0 Å².